The van der Waals surface area contributed by atoms with Crippen LogP contribution in [-0.2, 0) is 6.54 Å². The van der Waals surface area contributed by atoms with E-state index in [0.717, 1.165) is 5.56 Å². The van der Waals surface area contributed by atoms with Crippen molar-refractivity contribution in [2.75, 3.05) is 5.73 Å². The number of hydrogen-bond donors (Lipinski definition) is 2. The number of aromatic nitrogens is 2. The second-order valence-electron chi connectivity index (χ2n) is 3.41. The van der Waals surface area contributed by atoms with Crippen LogP contribution in [0.25, 0.3) is 0 Å². The Bertz CT molecular complexity index is 408. The molecule has 0 radical (unpaired) electrons. The number of benzene rings is 1. The average Bonchev–Trinajstić information content (AvgIpc) is 2.71. The van der Waals surface area contributed by atoms with Crippen LogP contribution in [0.3, 0.4) is 0 Å². The summed E-state index contributed by atoms with van der Waals surface area (Å²) in [7, 11) is 0. The van der Waals surface area contributed by atoms with Gasteiger partial charge in [-0.3, -0.25) is 4.68 Å². The number of anilines is 1. The van der Waals surface area contributed by atoms with Crippen molar-refractivity contribution < 1.29 is 5.11 Å². The lowest BCUT2D eigenvalue weighted by Gasteiger charge is -2.11. The van der Waals surface area contributed by atoms with Crippen LogP contribution in [0.5, 0.6) is 0 Å². The summed E-state index contributed by atoms with van der Waals surface area (Å²) >= 11 is 0. The highest BCUT2D eigenvalue weighted by molar-refractivity contribution is 5.39. The fourth-order valence-electron chi connectivity index (χ4n) is 1.41. The SMILES string of the molecule is Nc1ccc(C(O)Cn2cccn2)cc1. The van der Waals surface area contributed by atoms with Gasteiger partial charge in [-0.1, -0.05) is 12.1 Å². The zero-order valence-corrected chi connectivity index (χ0v) is 8.24. The Hall–Kier alpha value is -1.81. The normalized spacial score (nSPS) is 12.6. The third kappa shape index (κ3) is 2.35. The third-order valence-corrected chi connectivity index (χ3v) is 2.24. The number of nitrogen functional groups attached to an aromatic ring is 1. The van der Waals surface area contributed by atoms with Gasteiger partial charge in [-0.25, -0.2) is 0 Å². The number of aliphatic hydroxyl groups excluding tert-OH is 1. The number of nitrogens with zero attached hydrogens (tertiary/aromatic N) is 2. The molecule has 4 heteroatoms. The minimum absolute atomic E-state index is 0.455. The van der Waals surface area contributed by atoms with Gasteiger partial charge in [0, 0.05) is 18.1 Å². The second kappa shape index (κ2) is 4.14. The van der Waals surface area contributed by atoms with Crippen LogP contribution in [-0.4, -0.2) is 14.9 Å². The van der Waals surface area contributed by atoms with Crippen LogP contribution in [0.1, 0.15) is 11.7 Å². The molecule has 2 aromatic rings. The van der Waals surface area contributed by atoms with E-state index in [-0.39, 0.29) is 0 Å². The highest BCUT2D eigenvalue weighted by Gasteiger charge is 2.07. The fraction of sp³-hybridized carbons (Fsp3) is 0.182. The summed E-state index contributed by atoms with van der Waals surface area (Å²) in [6, 6.07) is 9.03. The van der Waals surface area contributed by atoms with Gasteiger partial charge in [-0.05, 0) is 23.8 Å². The maximum absolute atomic E-state index is 9.88. The van der Waals surface area contributed by atoms with E-state index in [2.05, 4.69) is 5.10 Å². The summed E-state index contributed by atoms with van der Waals surface area (Å²) in [5.74, 6) is 0. The molecule has 1 atom stereocenters. The van der Waals surface area contributed by atoms with E-state index in [4.69, 9.17) is 5.73 Å². The molecule has 1 aromatic carbocycles. The summed E-state index contributed by atoms with van der Waals surface area (Å²) in [6.45, 7) is 0.455. The molecule has 0 aliphatic rings. The quantitative estimate of drug-likeness (QED) is 0.737. The van der Waals surface area contributed by atoms with Gasteiger partial charge in [0.15, 0.2) is 0 Å². The number of rotatable bonds is 3. The number of hydrogen-bond acceptors (Lipinski definition) is 3. The first kappa shape index (κ1) is 9.73. The largest absolute Gasteiger partial charge is 0.399 e. The van der Waals surface area contributed by atoms with Gasteiger partial charge in [-0.2, -0.15) is 5.10 Å². The van der Waals surface area contributed by atoms with Crippen molar-refractivity contribution in [3.63, 3.8) is 0 Å². The zero-order chi connectivity index (χ0) is 10.7. The minimum atomic E-state index is -0.550. The van der Waals surface area contributed by atoms with Crippen LogP contribution < -0.4 is 5.73 Å². The first-order valence-electron chi connectivity index (χ1n) is 4.76. The van der Waals surface area contributed by atoms with E-state index >= 15 is 0 Å². The van der Waals surface area contributed by atoms with Crippen molar-refractivity contribution in [2.45, 2.75) is 12.6 Å². The van der Waals surface area contributed by atoms with Gasteiger partial charge in [0.05, 0.1) is 12.6 Å². The Morgan fingerprint density at radius 1 is 1.33 bits per heavy atom. The van der Waals surface area contributed by atoms with Gasteiger partial charge in [0.25, 0.3) is 0 Å². The Morgan fingerprint density at radius 2 is 2.07 bits per heavy atom. The van der Waals surface area contributed by atoms with Gasteiger partial charge < -0.3 is 10.8 Å². The maximum Gasteiger partial charge on any atom is 0.0985 e. The Morgan fingerprint density at radius 3 is 2.67 bits per heavy atom. The number of nitrogens with two attached hydrogens (primary N) is 1. The summed E-state index contributed by atoms with van der Waals surface area (Å²) in [5.41, 5.74) is 7.11. The van der Waals surface area contributed by atoms with Crippen LogP contribution in [0.15, 0.2) is 42.7 Å². The van der Waals surface area contributed by atoms with Crippen molar-refractivity contribution in [2.24, 2.45) is 0 Å². The second-order valence-corrected chi connectivity index (χ2v) is 3.41. The molecule has 0 bridgehead atoms. The zero-order valence-electron chi connectivity index (χ0n) is 8.24. The van der Waals surface area contributed by atoms with E-state index in [1.54, 1.807) is 23.0 Å². The molecule has 78 valence electrons. The predicted octanol–water partition coefficient (Wildman–Crippen LogP) is 1.20. The molecule has 0 amide bonds. The molecule has 0 aliphatic heterocycles. The summed E-state index contributed by atoms with van der Waals surface area (Å²) in [6.07, 6.45) is 2.96. The van der Waals surface area contributed by atoms with E-state index < -0.39 is 6.10 Å². The molecule has 0 aliphatic carbocycles. The fourth-order valence-corrected chi connectivity index (χ4v) is 1.41. The van der Waals surface area contributed by atoms with Crippen LogP contribution in [0.2, 0.25) is 0 Å². The van der Waals surface area contributed by atoms with Crippen LogP contribution in [0.4, 0.5) is 5.69 Å². The van der Waals surface area contributed by atoms with Gasteiger partial charge in [0.2, 0.25) is 0 Å². The topological polar surface area (TPSA) is 64.1 Å². The lowest BCUT2D eigenvalue weighted by molar-refractivity contribution is 0.151. The molecular weight excluding hydrogens is 190 g/mol. The molecule has 1 unspecified atom stereocenters. The lowest BCUT2D eigenvalue weighted by Crippen LogP contribution is -2.08. The molecule has 0 saturated carbocycles. The molecular formula is C11H13N3O. The highest BCUT2D eigenvalue weighted by atomic mass is 16.3. The minimum Gasteiger partial charge on any atom is -0.399 e. The van der Waals surface area contributed by atoms with Crippen molar-refractivity contribution in [3.8, 4) is 0 Å². The van der Waals surface area contributed by atoms with E-state index in [1.807, 2.05) is 24.4 Å². The molecule has 1 aromatic heterocycles. The first-order chi connectivity index (χ1) is 7.25. The summed E-state index contributed by atoms with van der Waals surface area (Å²) in [5, 5.41) is 13.9. The van der Waals surface area contributed by atoms with Crippen molar-refractivity contribution in [1.82, 2.24) is 9.78 Å². The lowest BCUT2D eigenvalue weighted by atomic mass is 10.1. The van der Waals surface area contributed by atoms with Crippen molar-refractivity contribution in [1.29, 1.82) is 0 Å². The summed E-state index contributed by atoms with van der Waals surface area (Å²) < 4.78 is 1.70. The molecule has 4 nitrogen and oxygen atoms in total. The Labute approximate surface area is 88.0 Å². The third-order valence-electron chi connectivity index (χ3n) is 2.24. The van der Waals surface area contributed by atoms with Crippen LogP contribution >= 0.6 is 0 Å². The molecule has 15 heavy (non-hydrogen) atoms. The molecule has 3 N–H and O–H groups in total. The first-order valence-corrected chi connectivity index (χ1v) is 4.76. The summed E-state index contributed by atoms with van der Waals surface area (Å²) in [4.78, 5) is 0. The molecule has 1 heterocycles. The monoisotopic (exact) mass is 203 g/mol. The highest BCUT2D eigenvalue weighted by Crippen LogP contribution is 2.15. The Kier molecular flexibility index (Phi) is 2.69. The van der Waals surface area contributed by atoms with E-state index in [0.29, 0.717) is 12.2 Å². The van der Waals surface area contributed by atoms with E-state index in [1.165, 1.54) is 0 Å². The molecule has 0 spiro atoms. The molecule has 0 fully saturated rings. The van der Waals surface area contributed by atoms with Crippen LogP contribution in [0, 0.1) is 0 Å². The maximum atomic E-state index is 9.88. The van der Waals surface area contributed by atoms with E-state index in [9.17, 15) is 5.11 Å². The van der Waals surface area contributed by atoms with Gasteiger partial charge in [-0.15, -0.1) is 0 Å². The van der Waals surface area contributed by atoms with Crippen molar-refractivity contribution in [3.05, 3.63) is 48.3 Å². The molecule has 2 rings (SSSR count). The molecule has 0 saturated heterocycles. The Balaban J connectivity index is 2.08. The average molecular weight is 203 g/mol. The predicted molar refractivity (Wildman–Crippen MR) is 58.0 cm³/mol. The standard InChI is InChI=1S/C11H13N3O/c12-10-4-2-9(3-5-10)11(15)8-14-7-1-6-13-14/h1-7,11,15H,8,12H2. The smallest absolute Gasteiger partial charge is 0.0985 e. The number of aliphatic hydroxyl groups is 1. The van der Waals surface area contributed by atoms with Gasteiger partial charge in [0.1, 0.15) is 0 Å². The van der Waals surface area contributed by atoms with Crippen molar-refractivity contribution >= 4 is 5.69 Å². The van der Waals surface area contributed by atoms with Gasteiger partial charge >= 0.3 is 0 Å².